The third kappa shape index (κ3) is 3.74. The third-order valence-corrected chi connectivity index (χ3v) is 3.44. The van der Waals surface area contributed by atoms with Crippen LogP contribution in [0.2, 0.25) is 0 Å². The molecule has 0 aliphatic heterocycles. The van der Waals surface area contributed by atoms with Crippen LogP contribution in [0.1, 0.15) is 53.2 Å². The maximum Gasteiger partial charge on any atom is 0.358 e. The van der Waals surface area contributed by atoms with Crippen molar-refractivity contribution in [3.8, 4) is 5.69 Å². The molecule has 0 atom stereocenters. The zero-order chi connectivity index (χ0) is 16.8. The minimum absolute atomic E-state index is 0.0220. The number of benzene rings is 1. The van der Waals surface area contributed by atoms with Gasteiger partial charge in [0.15, 0.2) is 5.69 Å². The highest BCUT2D eigenvalue weighted by Gasteiger charge is 2.19. The van der Waals surface area contributed by atoms with Crippen LogP contribution in [-0.2, 0) is 6.42 Å². The van der Waals surface area contributed by atoms with E-state index in [4.69, 9.17) is 0 Å². The van der Waals surface area contributed by atoms with Gasteiger partial charge in [0.2, 0.25) is 0 Å². The Hall–Kier alpha value is -2.70. The first-order chi connectivity index (χ1) is 11.1. The molecular formula is C16H20N4O3. The fourth-order valence-corrected chi connectivity index (χ4v) is 2.26. The molecule has 0 saturated carbocycles. The number of carbonyl (C=O) groups excluding carboxylic acids is 1. The van der Waals surface area contributed by atoms with E-state index < -0.39 is 5.97 Å². The third-order valence-electron chi connectivity index (χ3n) is 3.44. The van der Waals surface area contributed by atoms with Gasteiger partial charge in [-0.15, -0.1) is 5.10 Å². The van der Waals surface area contributed by atoms with Crippen molar-refractivity contribution in [3.63, 3.8) is 0 Å². The van der Waals surface area contributed by atoms with Crippen molar-refractivity contribution in [2.75, 3.05) is 6.54 Å². The van der Waals surface area contributed by atoms with Crippen molar-refractivity contribution in [2.45, 2.75) is 33.1 Å². The van der Waals surface area contributed by atoms with E-state index in [2.05, 4.69) is 15.6 Å². The fourth-order valence-electron chi connectivity index (χ4n) is 2.26. The van der Waals surface area contributed by atoms with Crippen LogP contribution in [0.15, 0.2) is 24.3 Å². The molecule has 23 heavy (non-hydrogen) atoms. The van der Waals surface area contributed by atoms with Gasteiger partial charge in [0.25, 0.3) is 5.91 Å². The first-order valence-corrected chi connectivity index (χ1v) is 7.65. The second kappa shape index (κ2) is 7.53. The van der Waals surface area contributed by atoms with Crippen molar-refractivity contribution < 1.29 is 14.7 Å². The molecule has 0 fully saturated rings. The summed E-state index contributed by atoms with van der Waals surface area (Å²) in [6.07, 6.45) is 2.38. The summed E-state index contributed by atoms with van der Waals surface area (Å²) >= 11 is 0. The SMILES string of the molecule is CCCCc1c(C(=O)O)nnn1-c1ccc(C(=O)NCC)cc1. The smallest absolute Gasteiger partial charge is 0.358 e. The quantitative estimate of drug-likeness (QED) is 0.815. The van der Waals surface area contributed by atoms with E-state index in [0.29, 0.717) is 29.9 Å². The predicted octanol–water partition coefficient (Wildman–Crippen LogP) is 2.06. The van der Waals surface area contributed by atoms with Crippen LogP contribution in [0, 0.1) is 0 Å². The molecule has 7 heteroatoms. The second-order valence-electron chi connectivity index (χ2n) is 5.11. The van der Waals surface area contributed by atoms with Crippen molar-refractivity contribution >= 4 is 11.9 Å². The summed E-state index contributed by atoms with van der Waals surface area (Å²) in [7, 11) is 0. The highest BCUT2D eigenvalue weighted by atomic mass is 16.4. The maximum absolute atomic E-state index is 11.8. The van der Waals surface area contributed by atoms with Crippen LogP contribution in [0.25, 0.3) is 5.69 Å². The van der Waals surface area contributed by atoms with Crippen LogP contribution in [0.4, 0.5) is 0 Å². The van der Waals surface area contributed by atoms with Gasteiger partial charge in [-0.05, 0) is 44.0 Å². The van der Waals surface area contributed by atoms with Crippen LogP contribution < -0.4 is 5.32 Å². The normalized spacial score (nSPS) is 10.5. The van der Waals surface area contributed by atoms with Gasteiger partial charge in [-0.2, -0.15) is 0 Å². The number of hydrogen-bond acceptors (Lipinski definition) is 4. The summed E-state index contributed by atoms with van der Waals surface area (Å²) < 4.78 is 1.53. The van der Waals surface area contributed by atoms with E-state index in [1.165, 1.54) is 4.68 Å². The molecule has 7 nitrogen and oxygen atoms in total. The lowest BCUT2D eigenvalue weighted by Crippen LogP contribution is -2.22. The number of hydrogen-bond donors (Lipinski definition) is 2. The molecule has 0 unspecified atom stereocenters. The number of carbonyl (C=O) groups is 2. The van der Waals surface area contributed by atoms with Gasteiger partial charge < -0.3 is 10.4 Å². The van der Waals surface area contributed by atoms with Gasteiger partial charge >= 0.3 is 5.97 Å². The van der Waals surface area contributed by atoms with Gasteiger partial charge in [-0.1, -0.05) is 18.6 Å². The molecule has 2 aromatic rings. The number of nitrogens with one attached hydrogen (secondary N) is 1. The summed E-state index contributed by atoms with van der Waals surface area (Å²) in [6, 6.07) is 6.85. The molecule has 0 spiro atoms. The molecule has 2 N–H and O–H groups in total. The first kappa shape index (κ1) is 16.7. The number of rotatable bonds is 7. The van der Waals surface area contributed by atoms with Crippen molar-refractivity contribution in [3.05, 3.63) is 41.2 Å². The molecule has 1 aromatic heterocycles. The van der Waals surface area contributed by atoms with Crippen LogP contribution in [0.5, 0.6) is 0 Å². The Morgan fingerprint density at radius 2 is 1.91 bits per heavy atom. The monoisotopic (exact) mass is 316 g/mol. The van der Waals surface area contributed by atoms with Crippen LogP contribution in [0.3, 0.4) is 0 Å². The molecule has 122 valence electrons. The number of carboxylic acids is 1. The molecule has 2 rings (SSSR count). The van der Waals surface area contributed by atoms with E-state index in [-0.39, 0.29) is 11.6 Å². The zero-order valence-electron chi connectivity index (χ0n) is 13.2. The number of carboxylic acid groups (broad SMARTS) is 1. The lowest BCUT2D eigenvalue weighted by molar-refractivity contribution is 0.0688. The zero-order valence-corrected chi connectivity index (χ0v) is 13.2. The molecular weight excluding hydrogens is 296 g/mol. The first-order valence-electron chi connectivity index (χ1n) is 7.65. The summed E-state index contributed by atoms with van der Waals surface area (Å²) in [4.78, 5) is 23.0. The second-order valence-corrected chi connectivity index (χ2v) is 5.11. The number of unbranched alkanes of at least 4 members (excludes halogenated alkanes) is 1. The van der Waals surface area contributed by atoms with E-state index in [1.54, 1.807) is 24.3 Å². The van der Waals surface area contributed by atoms with Crippen LogP contribution in [-0.4, -0.2) is 38.5 Å². The Labute approximate surface area is 134 Å². The Morgan fingerprint density at radius 3 is 2.48 bits per heavy atom. The van der Waals surface area contributed by atoms with Gasteiger partial charge in [0.05, 0.1) is 11.4 Å². The fraction of sp³-hybridized carbons (Fsp3) is 0.375. The van der Waals surface area contributed by atoms with Gasteiger partial charge in [-0.25, -0.2) is 9.48 Å². The lowest BCUT2D eigenvalue weighted by atomic mass is 10.1. The number of aromatic carboxylic acids is 1. The molecule has 1 heterocycles. The molecule has 0 radical (unpaired) electrons. The van der Waals surface area contributed by atoms with Gasteiger partial charge in [0.1, 0.15) is 0 Å². The highest BCUT2D eigenvalue weighted by molar-refractivity contribution is 5.94. The Bertz CT molecular complexity index is 692. The van der Waals surface area contributed by atoms with E-state index >= 15 is 0 Å². The van der Waals surface area contributed by atoms with Crippen molar-refractivity contribution in [2.24, 2.45) is 0 Å². The van der Waals surface area contributed by atoms with Gasteiger partial charge in [-0.3, -0.25) is 4.79 Å². The van der Waals surface area contributed by atoms with Crippen molar-refractivity contribution in [1.82, 2.24) is 20.3 Å². The van der Waals surface area contributed by atoms with Gasteiger partial charge in [0, 0.05) is 12.1 Å². The van der Waals surface area contributed by atoms with E-state index in [9.17, 15) is 14.7 Å². The summed E-state index contributed by atoms with van der Waals surface area (Å²) in [5.41, 5.74) is 1.78. The minimum atomic E-state index is -1.08. The molecule has 1 amide bonds. The molecule has 0 aliphatic rings. The minimum Gasteiger partial charge on any atom is -0.476 e. The average Bonchev–Trinajstić information content (AvgIpc) is 2.97. The van der Waals surface area contributed by atoms with E-state index in [0.717, 1.165) is 12.8 Å². The van der Waals surface area contributed by atoms with Crippen molar-refractivity contribution in [1.29, 1.82) is 0 Å². The number of amides is 1. The summed E-state index contributed by atoms with van der Waals surface area (Å²) in [6.45, 7) is 4.46. The number of nitrogens with zero attached hydrogens (tertiary/aromatic N) is 3. The predicted molar refractivity (Wildman–Crippen MR) is 84.9 cm³/mol. The average molecular weight is 316 g/mol. The van der Waals surface area contributed by atoms with Crippen LogP contribution >= 0.6 is 0 Å². The number of aromatic nitrogens is 3. The van der Waals surface area contributed by atoms with E-state index in [1.807, 2.05) is 13.8 Å². The highest BCUT2D eigenvalue weighted by Crippen LogP contribution is 2.16. The molecule has 0 aliphatic carbocycles. The maximum atomic E-state index is 11.8. The Kier molecular flexibility index (Phi) is 5.46. The summed E-state index contributed by atoms with van der Waals surface area (Å²) in [5.74, 6) is -1.23. The lowest BCUT2D eigenvalue weighted by Gasteiger charge is -2.08. The topological polar surface area (TPSA) is 97.1 Å². The molecule has 0 saturated heterocycles. The standard InChI is InChI=1S/C16H20N4O3/c1-3-5-6-13-14(16(22)23)18-19-20(13)12-9-7-11(8-10-12)15(21)17-4-2/h7-10H,3-6H2,1-2H3,(H,17,21)(H,22,23). The molecule has 1 aromatic carbocycles. The largest absolute Gasteiger partial charge is 0.476 e. The summed E-state index contributed by atoms with van der Waals surface area (Å²) in [5, 5.41) is 19.7. The molecule has 0 bridgehead atoms. The Balaban J connectivity index is 2.34. The Morgan fingerprint density at radius 1 is 1.22 bits per heavy atom.